The van der Waals surface area contributed by atoms with Crippen LogP contribution < -0.4 is 5.73 Å². The van der Waals surface area contributed by atoms with Gasteiger partial charge in [0.25, 0.3) is 0 Å². The van der Waals surface area contributed by atoms with E-state index in [0.29, 0.717) is 24.6 Å². The van der Waals surface area contributed by atoms with Crippen LogP contribution in [0.25, 0.3) is 0 Å². The predicted molar refractivity (Wildman–Crippen MR) is 75.1 cm³/mol. The third-order valence-electron chi connectivity index (χ3n) is 2.90. The van der Waals surface area contributed by atoms with E-state index in [9.17, 15) is 13.2 Å². The minimum Gasteiger partial charge on any atom is -0.323 e. The number of hydrogen-bond acceptors (Lipinski definition) is 5. The van der Waals surface area contributed by atoms with Crippen LogP contribution in [0, 0.1) is 5.92 Å². The highest BCUT2D eigenvalue weighted by atomic mass is 32.2. The van der Waals surface area contributed by atoms with Crippen molar-refractivity contribution >= 4 is 27.5 Å². The lowest BCUT2D eigenvalue weighted by Gasteiger charge is -2.35. The summed E-state index contributed by atoms with van der Waals surface area (Å²) in [7, 11) is -3.25. The minimum atomic E-state index is -3.25. The number of hydrogen-bond donors (Lipinski definition) is 1. The van der Waals surface area contributed by atoms with E-state index < -0.39 is 21.3 Å². The predicted octanol–water partition coefficient (Wildman–Crippen LogP) is 0.306. The number of rotatable bonds is 4. The molecule has 0 aromatic heterocycles. The average Bonchev–Trinajstić information content (AvgIpc) is 2.26. The quantitative estimate of drug-likeness (QED) is 0.807. The van der Waals surface area contributed by atoms with Gasteiger partial charge in [0.05, 0.1) is 6.04 Å². The molecule has 0 aromatic carbocycles. The van der Waals surface area contributed by atoms with E-state index in [1.54, 1.807) is 11.8 Å². The zero-order valence-corrected chi connectivity index (χ0v) is 12.8. The first kappa shape index (κ1) is 15.8. The Kier molecular flexibility index (Phi) is 5.48. The summed E-state index contributed by atoms with van der Waals surface area (Å²) in [6, 6.07) is -0.600. The Bertz CT molecular complexity index is 395. The van der Waals surface area contributed by atoms with E-state index in [1.807, 2.05) is 13.8 Å². The number of amides is 1. The Morgan fingerprint density at radius 2 is 2.11 bits per heavy atom. The SMILES string of the molecule is CC(C)CC(N)C(=O)N1CCSCC1S(C)(=O)=O. The molecule has 1 saturated heterocycles. The highest BCUT2D eigenvalue weighted by Gasteiger charge is 2.36. The topological polar surface area (TPSA) is 80.5 Å². The van der Waals surface area contributed by atoms with Gasteiger partial charge in [0, 0.05) is 24.3 Å². The van der Waals surface area contributed by atoms with Gasteiger partial charge in [-0.3, -0.25) is 4.79 Å². The van der Waals surface area contributed by atoms with E-state index in [2.05, 4.69) is 0 Å². The number of sulfone groups is 1. The molecule has 2 N–H and O–H groups in total. The molecule has 1 rings (SSSR count). The van der Waals surface area contributed by atoms with Gasteiger partial charge in [-0.25, -0.2) is 8.42 Å². The first-order valence-corrected chi connectivity index (χ1v) is 9.17. The summed E-state index contributed by atoms with van der Waals surface area (Å²) in [4.78, 5) is 13.7. The van der Waals surface area contributed by atoms with Crippen LogP contribution in [0.3, 0.4) is 0 Å². The van der Waals surface area contributed by atoms with Gasteiger partial charge in [-0.05, 0) is 12.3 Å². The lowest BCUT2D eigenvalue weighted by molar-refractivity contribution is -0.133. The Morgan fingerprint density at radius 3 is 2.61 bits per heavy atom. The van der Waals surface area contributed by atoms with Crippen molar-refractivity contribution in [1.29, 1.82) is 0 Å². The lowest BCUT2D eigenvalue weighted by Crippen LogP contribution is -2.55. The number of thioether (sulfide) groups is 1. The fraction of sp³-hybridized carbons (Fsp3) is 0.909. The van der Waals surface area contributed by atoms with Crippen LogP contribution in [0.15, 0.2) is 0 Å². The van der Waals surface area contributed by atoms with Crippen molar-refractivity contribution in [2.75, 3.05) is 24.3 Å². The molecule has 2 atom stereocenters. The third-order valence-corrected chi connectivity index (χ3v) is 5.55. The van der Waals surface area contributed by atoms with Crippen LogP contribution in [-0.2, 0) is 14.6 Å². The van der Waals surface area contributed by atoms with Crippen molar-refractivity contribution in [2.45, 2.75) is 31.7 Å². The summed E-state index contributed by atoms with van der Waals surface area (Å²) in [5, 5.41) is -0.720. The Labute approximate surface area is 113 Å². The maximum absolute atomic E-state index is 12.2. The molecule has 0 aliphatic carbocycles. The molecular weight excluding hydrogens is 272 g/mol. The Balaban J connectivity index is 2.81. The average molecular weight is 294 g/mol. The van der Waals surface area contributed by atoms with Gasteiger partial charge >= 0.3 is 0 Å². The van der Waals surface area contributed by atoms with Crippen molar-refractivity contribution in [3.8, 4) is 0 Å². The molecule has 1 heterocycles. The zero-order chi connectivity index (χ0) is 13.9. The van der Waals surface area contributed by atoms with Crippen molar-refractivity contribution in [3.63, 3.8) is 0 Å². The first-order valence-electron chi connectivity index (χ1n) is 6.06. The van der Waals surface area contributed by atoms with Crippen LogP contribution >= 0.6 is 11.8 Å². The van der Waals surface area contributed by atoms with E-state index in [1.165, 1.54) is 11.2 Å². The molecule has 5 nitrogen and oxygen atoms in total. The van der Waals surface area contributed by atoms with Crippen molar-refractivity contribution in [1.82, 2.24) is 4.90 Å². The lowest BCUT2D eigenvalue weighted by atomic mass is 10.0. The second-order valence-electron chi connectivity index (χ2n) is 5.13. The molecule has 0 aromatic rings. The molecule has 0 bridgehead atoms. The van der Waals surface area contributed by atoms with Crippen LogP contribution in [0.1, 0.15) is 20.3 Å². The molecule has 7 heteroatoms. The second-order valence-corrected chi connectivity index (χ2v) is 8.48. The first-order chi connectivity index (χ1) is 8.23. The van der Waals surface area contributed by atoms with E-state index in [-0.39, 0.29) is 5.91 Å². The fourth-order valence-electron chi connectivity index (χ4n) is 2.01. The number of carbonyl (C=O) groups excluding carboxylic acids is 1. The van der Waals surface area contributed by atoms with E-state index in [0.717, 1.165) is 5.75 Å². The maximum atomic E-state index is 12.2. The maximum Gasteiger partial charge on any atom is 0.240 e. The fourth-order valence-corrected chi connectivity index (χ4v) is 4.83. The largest absolute Gasteiger partial charge is 0.323 e. The highest BCUT2D eigenvalue weighted by Crippen LogP contribution is 2.21. The number of nitrogens with two attached hydrogens (primary N) is 1. The molecule has 2 unspecified atom stereocenters. The van der Waals surface area contributed by atoms with Gasteiger partial charge in [0.1, 0.15) is 5.37 Å². The summed E-state index contributed by atoms with van der Waals surface area (Å²) in [5.74, 6) is 1.30. The molecule has 0 spiro atoms. The van der Waals surface area contributed by atoms with Crippen LogP contribution in [0.2, 0.25) is 0 Å². The molecule has 1 amide bonds. The normalized spacial score (nSPS) is 23.2. The molecular formula is C11H22N2O3S2. The molecule has 106 valence electrons. The molecule has 1 aliphatic heterocycles. The molecule has 1 fully saturated rings. The third kappa shape index (κ3) is 4.13. The van der Waals surface area contributed by atoms with Gasteiger partial charge in [0.15, 0.2) is 9.84 Å². The summed E-state index contributed by atoms with van der Waals surface area (Å²) < 4.78 is 23.4. The summed E-state index contributed by atoms with van der Waals surface area (Å²) >= 11 is 1.56. The van der Waals surface area contributed by atoms with E-state index >= 15 is 0 Å². The molecule has 18 heavy (non-hydrogen) atoms. The summed E-state index contributed by atoms with van der Waals surface area (Å²) in [5.41, 5.74) is 5.86. The second kappa shape index (κ2) is 6.25. The zero-order valence-electron chi connectivity index (χ0n) is 11.1. The summed E-state index contributed by atoms with van der Waals surface area (Å²) in [6.45, 7) is 4.45. The number of carbonyl (C=O) groups is 1. The van der Waals surface area contributed by atoms with Gasteiger partial charge < -0.3 is 10.6 Å². The van der Waals surface area contributed by atoms with Gasteiger partial charge in [-0.1, -0.05) is 13.8 Å². The molecule has 0 radical (unpaired) electrons. The highest BCUT2D eigenvalue weighted by molar-refractivity contribution is 8.00. The Morgan fingerprint density at radius 1 is 1.50 bits per heavy atom. The van der Waals surface area contributed by atoms with Crippen molar-refractivity contribution in [3.05, 3.63) is 0 Å². The monoisotopic (exact) mass is 294 g/mol. The minimum absolute atomic E-state index is 0.237. The van der Waals surface area contributed by atoms with Crippen molar-refractivity contribution < 1.29 is 13.2 Å². The number of nitrogens with zero attached hydrogens (tertiary/aromatic N) is 1. The Hall–Kier alpha value is -0.270. The van der Waals surface area contributed by atoms with Crippen LogP contribution in [0.5, 0.6) is 0 Å². The van der Waals surface area contributed by atoms with Crippen LogP contribution in [-0.4, -0.2) is 54.9 Å². The smallest absolute Gasteiger partial charge is 0.240 e. The van der Waals surface area contributed by atoms with Crippen LogP contribution in [0.4, 0.5) is 0 Å². The van der Waals surface area contributed by atoms with Gasteiger partial charge in [-0.15, -0.1) is 0 Å². The van der Waals surface area contributed by atoms with Gasteiger partial charge in [-0.2, -0.15) is 11.8 Å². The molecule has 1 aliphatic rings. The van der Waals surface area contributed by atoms with Crippen molar-refractivity contribution in [2.24, 2.45) is 11.7 Å². The van der Waals surface area contributed by atoms with Gasteiger partial charge in [0.2, 0.25) is 5.91 Å². The van der Waals surface area contributed by atoms with E-state index in [4.69, 9.17) is 5.73 Å². The summed E-state index contributed by atoms with van der Waals surface area (Å²) in [6.07, 6.45) is 1.76. The molecule has 0 saturated carbocycles. The standard InChI is InChI=1S/C11H22N2O3S2/c1-8(2)6-9(12)11(14)13-4-5-17-7-10(13)18(3,15)16/h8-10H,4-7,12H2,1-3H3.